The number of sulfone groups is 1. The van der Waals surface area contributed by atoms with Gasteiger partial charge in [0.25, 0.3) is 0 Å². The van der Waals surface area contributed by atoms with E-state index in [0.717, 1.165) is 6.07 Å². The van der Waals surface area contributed by atoms with Crippen LogP contribution in [-0.4, -0.2) is 25.7 Å². The molecule has 0 atom stereocenters. The third-order valence-corrected chi connectivity index (χ3v) is 2.70. The van der Waals surface area contributed by atoms with Gasteiger partial charge >= 0.3 is 11.2 Å². The predicted molar refractivity (Wildman–Crippen MR) is 44.4 cm³/mol. The average Bonchev–Trinajstić information content (AvgIpc) is 2.49. The number of carboxylic acid groups (broad SMARTS) is 1. The maximum absolute atomic E-state index is 13.1. The van der Waals surface area contributed by atoms with Crippen LogP contribution in [0.2, 0.25) is 0 Å². The number of alkyl halides is 2. The Morgan fingerprint density at radius 2 is 2.00 bits per heavy atom. The average molecular weight is 240 g/mol. The molecule has 1 aromatic rings. The van der Waals surface area contributed by atoms with E-state index in [1.165, 1.54) is 0 Å². The van der Waals surface area contributed by atoms with E-state index in [9.17, 15) is 22.0 Å². The smallest absolute Gasteiger partial charge is 0.401 e. The summed E-state index contributed by atoms with van der Waals surface area (Å²) in [6.07, 6.45) is 0.329. The Morgan fingerprint density at radius 1 is 1.47 bits per heavy atom. The molecule has 0 aliphatic rings. The number of carboxylic acids is 1. The van der Waals surface area contributed by atoms with Gasteiger partial charge in [-0.2, -0.15) is 8.78 Å². The van der Waals surface area contributed by atoms with E-state index < -0.39 is 32.6 Å². The fourth-order valence-corrected chi connectivity index (χ4v) is 1.27. The van der Waals surface area contributed by atoms with Gasteiger partial charge in [0.1, 0.15) is 0 Å². The van der Waals surface area contributed by atoms with Gasteiger partial charge < -0.3 is 9.52 Å². The first-order valence-corrected chi connectivity index (χ1v) is 5.46. The summed E-state index contributed by atoms with van der Waals surface area (Å²) in [6.45, 7) is 0. The van der Waals surface area contributed by atoms with E-state index >= 15 is 0 Å². The highest BCUT2D eigenvalue weighted by Gasteiger charge is 2.46. The molecule has 0 fully saturated rings. The molecule has 0 bridgehead atoms. The maximum atomic E-state index is 13.1. The van der Waals surface area contributed by atoms with E-state index in [4.69, 9.17) is 5.11 Å². The van der Waals surface area contributed by atoms with E-state index in [0.29, 0.717) is 12.3 Å². The van der Waals surface area contributed by atoms with Gasteiger partial charge in [0.2, 0.25) is 15.6 Å². The van der Waals surface area contributed by atoms with E-state index in [1.807, 2.05) is 0 Å². The van der Waals surface area contributed by atoms with Gasteiger partial charge in [0, 0.05) is 6.26 Å². The zero-order valence-corrected chi connectivity index (χ0v) is 8.22. The minimum Gasteiger partial charge on any atom is -0.475 e. The van der Waals surface area contributed by atoms with Crippen LogP contribution in [0.4, 0.5) is 8.78 Å². The van der Waals surface area contributed by atoms with Gasteiger partial charge in [-0.05, 0) is 12.1 Å². The molecular formula is C7H6F2O5S. The molecule has 84 valence electrons. The number of aromatic carboxylic acids is 1. The highest BCUT2D eigenvalue weighted by molar-refractivity contribution is 7.91. The molecular weight excluding hydrogens is 234 g/mol. The van der Waals surface area contributed by atoms with Crippen LogP contribution in [0.15, 0.2) is 16.5 Å². The van der Waals surface area contributed by atoms with Crippen molar-refractivity contribution in [3.05, 3.63) is 23.7 Å². The normalized spacial score (nSPS) is 12.7. The number of hydrogen-bond donors (Lipinski definition) is 1. The van der Waals surface area contributed by atoms with Crippen LogP contribution in [0.1, 0.15) is 16.3 Å². The molecule has 8 heteroatoms. The second kappa shape index (κ2) is 3.30. The highest BCUT2D eigenvalue weighted by atomic mass is 32.2. The molecule has 1 rings (SSSR count). The van der Waals surface area contributed by atoms with Gasteiger partial charge in [-0.25, -0.2) is 13.2 Å². The SMILES string of the molecule is CS(=O)(=O)C(F)(F)c1ccc(C(=O)O)o1. The Morgan fingerprint density at radius 3 is 2.33 bits per heavy atom. The van der Waals surface area contributed by atoms with Crippen molar-refractivity contribution in [3.8, 4) is 0 Å². The van der Waals surface area contributed by atoms with Crippen molar-refractivity contribution in [2.75, 3.05) is 6.26 Å². The molecule has 1 heterocycles. The third-order valence-electron chi connectivity index (χ3n) is 1.57. The minimum absolute atomic E-state index is 0.329. The van der Waals surface area contributed by atoms with Crippen molar-refractivity contribution in [3.63, 3.8) is 0 Å². The predicted octanol–water partition coefficient (Wildman–Crippen LogP) is 1.07. The van der Waals surface area contributed by atoms with Gasteiger partial charge in [0.05, 0.1) is 0 Å². The minimum atomic E-state index is -4.69. The van der Waals surface area contributed by atoms with Gasteiger partial charge in [-0.3, -0.25) is 0 Å². The summed E-state index contributed by atoms with van der Waals surface area (Å²) in [5.74, 6) is -3.50. The van der Waals surface area contributed by atoms with E-state index in [2.05, 4.69) is 4.42 Å². The maximum Gasteiger partial charge on any atom is 0.401 e. The lowest BCUT2D eigenvalue weighted by molar-refractivity contribution is 0.0556. The van der Waals surface area contributed by atoms with Crippen molar-refractivity contribution in [2.45, 2.75) is 5.25 Å². The van der Waals surface area contributed by atoms with Crippen LogP contribution in [0.25, 0.3) is 0 Å². The van der Waals surface area contributed by atoms with Gasteiger partial charge in [-0.15, -0.1) is 0 Å². The summed E-state index contributed by atoms with van der Waals surface area (Å²) in [4.78, 5) is 10.3. The second-order valence-electron chi connectivity index (χ2n) is 2.76. The lowest BCUT2D eigenvalue weighted by atomic mass is 10.4. The first-order valence-electron chi connectivity index (χ1n) is 3.57. The quantitative estimate of drug-likeness (QED) is 0.854. The molecule has 1 aromatic heterocycles. The molecule has 0 saturated carbocycles. The molecule has 0 radical (unpaired) electrons. The summed E-state index contributed by atoms with van der Waals surface area (Å²) in [7, 11) is -4.69. The molecule has 0 aliphatic heterocycles. The Bertz CT molecular complexity index is 487. The van der Waals surface area contributed by atoms with Crippen LogP contribution in [0.5, 0.6) is 0 Å². The first-order chi connectivity index (χ1) is 6.66. The first kappa shape index (κ1) is 11.6. The topological polar surface area (TPSA) is 84.6 Å². The molecule has 0 amide bonds. The molecule has 0 spiro atoms. The Labute approximate surface area is 83.2 Å². The lowest BCUT2D eigenvalue weighted by Gasteiger charge is -2.10. The summed E-state index contributed by atoms with van der Waals surface area (Å²) in [6, 6.07) is 1.38. The molecule has 0 aromatic carbocycles. The van der Waals surface area contributed by atoms with Crippen LogP contribution < -0.4 is 0 Å². The number of halogens is 2. The largest absolute Gasteiger partial charge is 0.475 e. The van der Waals surface area contributed by atoms with Crippen molar-refractivity contribution >= 4 is 15.8 Å². The fourth-order valence-electron chi connectivity index (χ4n) is 0.792. The Balaban J connectivity index is 3.23. The van der Waals surface area contributed by atoms with Crippen LogP contribution in [0, 0.1) is 0 Å². The monoisotopic (exact) mass is 240 g/mol. The van der Waals surface area contributed by atoms with Crippen LogP contribution in [0.3, 0.4) is 0 Å². The van der Waals surface area contributed by atoms with Crippen LogP contribution >= 0.6 is 0 Å². The number of rotatable bonds is 3. The second-order valence-corrected chi connectivity index (χ2v) is 4.82. The van der Waals surface area contributed by atoms with Gasteiger partial charge in [-0.1, -0.05) is 0 Å². The van der Waals surface area contributed by atoms with Crippen molar-refractivity contribution in [1.29, 1.82) is 0 Å². The molecule has 0 aliphatic carbocycles. The summed E-state index contributed by atoms with van der Waals surface area (Å²) >= 11 is 0. The lowest BCUT2D eigenvalue weighted by Crippen LogP contribution is -2.24. The standard InChI is InChI=1S/C7H6F2O5S/c1-15(12,13)7(8,9)5-3-2-4(14-5)6(10)11/h2-3H,1H3,(H,10,11). The number of furan rings is 1. The summed E-state index contributed by atoms with van der Waals surface area (Å²) in [5.41, 5.74) is 0. The van der Waals surface area contributed by atoms with Crippen molar-refractivity contribution in [2.24, 2.45) is 0 Å². The van der Waals surface area contributed by atoms with Gasteiger partial charge in [0.15, 0.2) is 5.76 Å². The number of carbonyl (C=O) groups is 1. The zero-order valence-electron chi connectivity index (χ0n) is 7.40. The van der Waals surface area contributed by atoms with E-state index in [-0.39, 0.29) is 0 Å². The fraction of sp³-hybridized carbons (Fsp3) is 0.286. The van der Waals surface area contributed by atoms with Crippen molar-refractivity contribution < 1.29 is 31.5 Å². The Hall–Kier alpha value is -1.44. The molecule has 1 N–H and O–H groups in total. The number of hydrogen-bond acceptors (Lipinski definition) is 4. The third kappa shape index (κ3) is 1.99. The Kier molecular flexibility index (Phi) is 2.56. The highest BCUT2D eigenvalue weighted by Crippen LogP contribution is 2.34. The molecule has 0 saturated heterocycles. The van der Waals surface area contributed by atoms with E-state index in [1.54, 1.807) is 0 Å². The summed E-state index contributed by atoms with van der Waals surface area (Å²) in [5, 5.41) is 4.16. The zero-order chi connectivity index (χ0) is 11.9. The van der Waals surface area contributed by atoms with Crippen LogP contribution in [-0.2, 0) is 15.1 Å². The van der Waals surface area contributed by atoms with Crippen molar-refractivity contribution in [1.82, 2.24) is 0 Å². The molecule has 5 nitrogen and oxygen atoms in total. The molecule has 15 heavy (non-hydrogen) atoms. The summed E-state index contributed by atoms with van der Waals surface area (Å²) < 4.78 is 51.7. The molecule has 0 unspecified atom stereocenters.